The molecule has 1 aliphatic carbocycles. The molecule has 0 aliphatic heterocycles. The van der Waals surface area contributed by atoms with Crippen LogP contribution >= 0.6 is 0 Å². The molecule has 0 radical (unpaired) electrons. The average molecular weight is 556 g/mol. The smallest absolute Gasteiger partial charge is 0.298 e. The number of aryl methyl sites for hydroxylation is 2. The summed E-state index contributed by atoms with van der Waals surface area (Å²) < 4.78 is 62.4. The number of imidazole rings is 1. The number of fused-ring (bicyclic) bond motifs is 5. The molecule has 0 saturated carbocycles. The van der Waals surface area contributed by atoms with Crippen molar-refractivity contribution < 1.29 is 18.9 Å². The molecule has 0 spiro atoms. The summed E-state index contributed by atoms with van der Waals surface area (Å²) in [7, 11) is 2.04. The van der Waals surface area contributed by atoms with Gasteiger partial charge >= 0.3 is 0 Å². The Morgan fingerprint density at radius 2 is 1.50 bits per heavy atom. The van der Waals surface area contributed by atoms with E-state index in [4.69, 9.17) is 9.90 Å². The Balaban J connectivity index is 1.43. The Hall–Kier alpha value is -4.70. The number of hydrogen-bond donors (Lipinski definition) is 0. The molecule has 0 amide bonds. The van der Waals surface area contributed by atoms with Crippen LogP contribution in [0.5, 0.6) is 0 Å². The first-order chi connectivity index (χ1) is 21.9. The second kappa shape index (κ2) is 8.90. The number of hydrogen-bond acceptors (Lipinski definition) is 1. The Morgan fingerprint density at radius 3 is 2.31 bits per heavy atom. The van der Waals surface area contributed by atoms with Crippen LogP contribution in [0.1, 0.15) is 36.0 Å². The highest BCUT2D eigenvalue weighted by Crippen LogP contribution is 2.44. The van der Waals surface area contributed by atoms with E-state index in [1.165, 1.54) is 6.07 Å². The molecule has 0 bridgehead atoms. The minimum absolute atomic E-state index is 0.231. The summed E-state index contributed by atoms with van der Waals surface area (Å²) in [6.45, 7) is 5.26. The van der Waals surface area contributed by atoms with E-state index in [1.54, 1.807) is 38.1 Å². The zero-order valence-electron chi connectivity index (χ0n) is 27.9. The van der Waals surface area contributed by atoms with Crippen molar-refractivity contribution in [2.24, 2.45) is 12.5 Å². The van der Waals surface area contributed by atoms with Crippen LogP contribution in [0, 0.1) is 18.2 Å². The fraction of sp³-hybridized carbons (Fsp3) is 0.184. The van der Waals surface area contributed by atoms with E-state index in [2.05, 4.69) is 46.4 Å². The molecule has 7 aromatic rings. The van der Waals surface area contributed by atoms with Crippen LogP contribution in [-0.4, -0.2) is 4.57 Å². The lowest BCUT2D eigenvalue weighted by Gasteiger charge is -2.14. The fourth-order valence-corrected chi connectivity index (χ4v) is 6.57. The summed E-state index contributed by atoms with van der Waals surface area (Å²) >= 11 is 0. The molecule has 3 nitrogen and oxygen atoms in total. The summed E-state index contributed by atoms with van der Waals surface area (Å²) in [4.78, 5) is 0. The summed E-state index contributed by atoms with van der Waals surface area (Å²) in [6, 6.07) is 30.6. The van der Waals surface area contributed by atoms with Gasteiger partial charge in [0.2, 0.25) is 0 Å². The van der Waals surface area contributed by atoms with Crippen LogP contribution < -0.4 is 4.57 Å². The van der Waals surface area contributed by atoms with Crippen LogP contribution in [0.4, 0.5) is 4.39 Å². The van der Waals surface area contributed by atoms with Crippen LogP contribution in [0.15, 0.2) is 101 Å². The molecule has 1 aliphatic rings. The quantitative estimate of drug-likeness (QED) is 0.199. The molecule has 0 saturated heterocycles. The zero-order chi connectivity index (χ0) is 32.3. The molecule has 42 heavy (non-hydrogen) atoms. The van der Waals surface area contributed by atoms with E-state index in [-0.39, 0.29) is 11.1 Å². The number of furan rings is 1. The Kier molecular flexibility index (Phi) is 4.46. The minimum Gasteiger partial charge on any atom is -0.454 e. The normalized spacial score (nSPS) is 18.1. The molecule has 4 heteroatoms. The van der Waals surface area contributed by atoms with Gasteiger partial charge in [-0.1, -0.05) is 74.5 Å². The number of para-hydroxylation sites is 3. The molecule has 206 valence electrons. The molecule has 2 aromatic heterocycles. The number of rotatable bonds is 3. The lowest BCUT2D eigenvalue weighted by molar-refractivity contribution is -0.633. The fourth-order valence-electron chi connectivity index (χ4n) is 6.57. The standard InChI is InChI=1S/C38H32FN2O/c1-23-14-17-28-29-18-19-30(39)34(24-15-16-25-21-38(2,3)22-26(25)20-24)36(29)42-35(28)33(23)37-40(4)31-12-8-9-13-32(31)41(37)27-10-6-5-7-11-27/h5-20H,21-22H2,1-4H3/q+1/i21D2,22D2. The van der Waals surface area contributed by atoms with E-state index < -0.39 is 24.0 Å². The lowest BCUT2D eigenvalue weighted by atomic mass is 9.90. The van der Waals surface area contributed by atoms with Gasteiger partial charge in [-0.2, -0.15) is 4.57 Å². The monoisotopic (exact) mass is 555 g/mol. The molecule has 0 unspecified atom stereocenters. The average Bonchev–Trinajstić information content (AvgIpc) is 3.58. The third-order valence-electron chi connectivity index (χ3n) is 8.42. The summed E-state index contributed by atoms with van der Waals surface area (Å²) in [6.07, 6.45) is -3.86. The van der Waals surface area contributed by atoms with E-state index in [0.717, 1.165) is 44.4 Å². The third-order valence-corrected chi connectivity index (χ3v) is 8.42. The second-order valence-electron chi connectivity index (χ2n) is 11.7. The van der Waals surface area contributed by atoms with Gasteiger partial charge in [-0.25, -0.2) is 8.96 Å². The van der Waals surface area contributed by atoms with Gasteiger partial charge in [0, 0.05) is 16.3 Å². The van der Waals surface area contributed by atoms with E-state index in [0.29, 0.717) is 22.3 Å². The lowest BCUT2D eigenvalue weighted by Crippen LogP contribution is -2.30. The van der Waals surface area contributed by atoms with Crippen LogP contribution in [0.25, 0.3) is 61.2 Å². The molecule has 0 N–H and O–H groups in total. The van der Waals surface area contributed by atoms with Gasteiger partial charge in [-0.15, -0.1) is 0 Å². The predicted molar refractivity (Wildman–Crippen MR) is 168 cm³/mol. The van der Waals surface area contributed by atoms with Gasteiger partial charge in [-0.05, 0) is 83.7 Å². The molecule has 0 fully saturated rings. The van der Waals surface area contributed by atoms with E-state index >= 15 is 4.39 Å². The second-order valence-corrected chi connectivity index (χ2v) is 11.7. The van der Waals surface area contributed by atoms with Crippen LogP contribution in [-0.2, 0) is 19.8 Å². The maximum Gasteiger partial charge on any atom is 0.298 e. The molecule has 0 atom stereocenters. The zero-order valence-corrected chi connectivity index (χ0v) is 23.9. The predicted octanol–water partition coefficient (Wildman–Crippen LogP) is 9.26. The van der Waals surface area contributed by atoms with Gasteiger partial charge in [0.15, 0.2) is 16.6 Å². The maximum atomic E-state index is 15.9. The SMILES string of the molecule is [2H]C1([2H])c2ccc(-c3c(F)ccc4c3oc3c(-c5n(-c6ccccc6)c6ccccc6[n+]5C)c(C)ccc34)cc2C([2H])([2H])C1(C)C. The first-order valence-corrected chi connectivity index (χ1v) is 14.2. The summed E-state index contributed by atoms with van der Waals surface area (Å²) in [5.74, 6) is 0.432. The maximum absolute atomic E-state index is 15.9. The highest BCUT2D eigenvalue weighted by Gasteiger charge is 2.32. The van der Waals surface area contributed by atoms with E-state index in [1.807, 2.05) is 43.4 Å². The minimum atomic E-state index is -1.97. The molecular formula is C38H32FN2O+. The van der Waals surface area contributed by atoms with Gasteiger partial charge in [0.05, 0.1) is 12.6 Å². The molecule has 8 rings (SSSR count). The van der Waals surface area contributed by atoms with Gasteiger partial charge in [-0.3, -0.25) is 0 Å². The largest absolute Gasteiger partial charge is 0.454 e. The van der Waals surface area contributed by atoms with Gasteiger partial charge in [0.25, 0.3) is 5.82 Å². The van der Waals surface area contributed by atoms with Crippen molar-refractivity contribution in [2.75, 3.05) is 0 Å². The first-order valence-electron chi connectivity index (χ1n) is 16.2. The first kappa shape index (κ1) is 21.1. The van der Waals surface area contributed by atoms with Crippen molar-refractivity contribution in [3.63, 3.8) is 0 Å². The number of halogens is 1. The Bertz CT molecular complexity index is 2390. The van der Waals surface area contributed by atoms with Crippen molar-refractivity contribution in [2.45, 2.75) is 33.5 Å². The Labute approximate surface area is 250 Å². The number of aromatic nitrogens is 2. The molecular weight excluding hydrogens is 519 g/mol. The van der Waals surface area contributed by atoms with Crippen molar-refractivity contribution in [3.8, 4) is 28.2 Å². The van der Waals surface area contributed by atoms with Crippen LogP contribution in [0.2, 0.25) is 0 Å². The summed E-state index contributed by atoms with van der Waals surface area (Å²) in [5.41, 5.74) is 5.88. The summed E-state index contributed by atoms with van der Waals surface area (Å²) in [5, 5.41) is 1.59. The topological polar surface area (TPSA) is 21.9 Å². The highest BCUT2D eigenvalue weighted by molar-refractivity contribution is 6.13. The van der Waals surface area contributed by atoms with Crippen molar-refractivity contribution in [1.82, 2.24) is 4.57 Å². The number of benzene rings is 5. The number of nitrogens with zero attached hydrogens (tertiary/aromatic N) is 2. The Morgan fingerprint density at radius 1 is 0.810 bits per heavy atom. The van der Waals surface area contributed by atoms with Crippen LogP contribution in [0.3, 0.4) is 0 Å². The van der Waals surface area contributed by atoms with Gasteiger partial charge < -0.3 is 4.42 Å². The third kappa shape index (κ3) is 3.61. The van der Waals surface area contributed by atoms with Crippen molar-refractivity contribution in [3.05, 3.63) is 120 Å². The highest BCUT2D eigenvalue weighted by atomic mass is 19.1. The van der Waals surface area contributed by atoms with Crippen molar-refractivity contribution >= 4 is 33.0 Å². The molecule has 2 heterocycles. The molecule has 5 aromatic carbocycles. The van der Waals surface area contributed by atoms with E-state index in [9.17, 15) is 0 Å². The van der Waals surface area contributed by atoms with Crippen molar-refractivity contribution in [1.29, 1.82) is 0 Å². The van der Waals surface area contributed by atoms with Gasteiger partial charge in [0.1, 0.15) is 22.7 Å².